The fraction of sp³-hybridized carbons (Fsp3) is 0.440. The van der Waals surface area contributed by atoms with E-state index >= 15 is 0 Å². The monoisotopic (exact) mass is 496 g/mol. The Morgan fingerprint density at radius 2 is 1.09 bits per heavy atom. The molecule has 0 radical (unpaired) electrons. The number of hydrogen-bond donors (Lipinski definition) is 3. The van der Waals surface area contributed by atoms with Gasteiger partial charge in [0.1, 0.15) is 0 Å². The summed E-state index contributed by atoms with van der Waals surface area (Å²) in [7, 11) is 1.47. The number of esters is 1. The van der Waals surface area contributed by atoms with Crippen LogP contribution < -0.4 is 10.6 Å². The molecule has 0 bridgehead atoms. The third-order valence-corrected chi connectivity index (χ3v) is 6.55. The van der Waals surface area contributed by atoms with Gasteiger partial charge in [0, 0.05) is 0 Å². The second-order valence-corrected chi connectivity index (χ2v) is 8.19. The maximum Gasteiger partial charge on any atom is 0.316 e. The second-order valence-electron chi connectivity index (χ2n) is 8.19. The molecule has 0 saturated carbocycles. The summed E-state index contributed by atoms with van der Waals surface area (Å²) in [5.41, 5.74) is 0.885. The smallest absolute Gasteiger partial charge is 0.316 e. The third-order valence-electron chi connectivity index (χ3n) is 6.55. The van der Waals surface area contributed by atoms with E-state index < -0.39 is 16.8 Å². The van der Waals surface area contributed by atoms with E-state index in [9.17, 15) is 14.7 Å². The molecule has 2 fully saturated rings. The Kier molecular flexibility index (Phi) is 11.9. The van der Waals surface area contributed by atoms with E-state index in [1.165, 1.54) is 7.11 Å². The molecule has 0 atom stereocenters. The minimum absolute atomic E-state index is 0. The molecule has 33 heavy (non-hydrogen) atoms. The lowest BCUT2D eigenvalue weighted by Gasteiger charge is -2.35. The first-order chi connectivity index (χ1) is 15.0. The predicted molar refractivity (Wildman–Crippen MR) is 135 cm³/mol. The van der Waals surface area contributed by atoms with Crippen molar-refractivity contribution in [2.24, 2.45) is 0 Å². The van der Waals surface area contributed by atoms with Crippen LogP contribution in [0.2, 0.25) is 0 Å². The van der Waals surface area contributed by atoms with Crippen molar-refractivity contribution in [2.75, 3.05) is 33.3 Å². The zero-order chi connectivity index (χ0) is 22.2. The van der Waals surface area contributed by atoms with Gasteiger partial charge in [0.05, 0.1) is 17.9 Å². The van der Waals surface area contributed by atoms with Crippen molar-refractivity contribution in [3.63, 3.8) is 0 Å². The van der Waals surface area contributed by atoms with Gasteiger partial charge in [-0.15, -0.1) is 24.8 Å². The summed E-state index contributed by atoms with van der Waals surface area (Å²) in [6.07, 6.45) is 2.96. The highest BCUT2D eigenvalue weighted by Gasteiger charge is 2.42. The van der Waals surface area contributed by atoms with Gasteiger partial charge in [0.25, 0.3) is 0 Å². The summed E-state index contributed by atoms with van der Waals surface area (Å²) in [6.45, 7) is 3.29. The van der Waals surface area contributed by atoms with Gasteiger partial charge in [-0.2, -0.15) is 0 Å². The molecular weight excluding hydrogens is 463 g/mol. The minimum Gasteiger partial charge on any atom is -0.481 e. The Balaban J connectivity index is 0.000000312. The first kappa shape index (κ1) is 28.9. The van der Waals surface area contributed by atoms with Crippen molar-refractivity contribution in [2.45, 2.75) is 36.5 Å². The molecule has 2 aromatic carbocycles. The van der Waals surface area contributed by atoms with Gasteiger partial charge in [-0.3, -0.25) is 9.59 Å². The number of benzene rings is 2. The number of nitrogens with one attached hydrogen (secondary N) is 2. The standard InChI is InChI=1S/C13H17NO2.C12H15NO2.2ClH/c1-16-12(15)13(7-9-14-10-8-13)11-5-3-2-4-6-11;14-11(15)12(6-8-13-9-7-12)10-4-2-1-3-5-10;;/h2-6,14H,7-10H2,1H3;1-5,13H,6-9H2,(H,14,15);2*1H. The van der Waals surface area contributed by atoms with E-state index in [0.29, 0.717) is 12.8 Å². The zero-order valence-corrected chi connectivity index (χ0v) is 20.6. The molecule has 3 N–H and O–H groups in total. The lowest BCUT2D eigenvalue weighted by Crippen LogP contribution is -2.46. The van der Waals surface area contributed by atoms with E-state index in [2.05, 4.69) is 10.6 Å². The number of carbonyl (C=O) groups is 2. The fourth-order valence-electron chi connectivity index (χ4n) is 4.65. The first-order valence-corrected chi connectivity index (χ1v) is 10.9. The van der Waals surface area contributed by atoms with Gasteiger partial charge < -0.3 is 20.5 Å². The number of hydrogen-bond acceptors (Lipinski definition) is 5. The van der Waals surface area contributed by atoms with Gasteiger partial charge in [0.2, 0.25) is 0 Å². The van der Waals surface area contributed by atoms with Crippen LogP contribution in [0.25, 0.3) is 0 Å². The largest absolute Gasteiger partial charge is 0.481 e. The highest BCUT2D eigenvalue weighted by Crippen LogP contribution is 2.35. The van der Waals surface area contributed by atoms with Crippen LogP contribution in [0.1, 0.15) is 36.8 Å². The normalized spacial score (nSPS) is 18.2. The fourth-order valence-corrected chi connectivity index (χ4v) is 4.65. The number of methoxy groups -OCH3 is 1. The van der Waals surface area contributed by atoms with Crippen LogP contribution in [0.3, 0.4) is 0 Å². The number of halogens is 2. The molecule has 6 nitrogen and oxygen atoms in total. The molecule has 2 saturated heterocycles. The molecule has 2 aromatic rings. The highest BCUT2D eigenvalue weighted by atomic mass is 35.5. The summed E-state index contributed by atoms with van der Waals surface area (Å²) in [4.78, 5) is 23.5. The molecular formula is C25H34Cl2N2O4. The number of aliphatic carboxylic acids is 1. The molecule has 182 valence electrons. The molecule has 0 unspecified atom stereocenters. The Hall–Kier alpha value is -2.12. The summed E-state index contributed by atoms with van der Waals surface area (Å²) < 4.78 is 4.98. The number of carboxylic acid groups (broad SMARTS) is 1. The molecule has 0 spiro atoms. The second kappa shape index (κ2) is 13.6. The van der Waals surface area contributed by atoms with Crippen molar-refractivity contribution in [3.8, 4) is 0 Å². The lowest BCUT2D eigenvalue weighted by atomic mass is 9.73. The summed E-state index contributed by atoms with van der Waals surface area (Å²) in [5, 5.41) is 15.9. The Morgan fingerprint density at radius 3 is 1.45 bits per heavy atom. The van der Waals surface area contributed by atoms with Gasteiger partial charge in [0.15, 0.2) is 0 Å². The molecule has 0 aliphatic carbocycles. The molecule has 2 aliphatic rings. The molecule has 0 amide bonds. The first-order valence-electron chi connectivity index (χ1n) is 10.9. The van der Waals surface area contributed by atoms with Crippen LogP contribution >= 0.6 is 24.8 Å². The minimum atomic E-state index is -0.699. The SMILES string of the molecule is COC(=O)C1(c2ccccc2)CCNCC1.Cl.Cl.O=C(O)C1(c2ccccc2)CCNCC1. The van der Waals surface area contributed by atoms with Crippen LogP contribution in [-0.2, 0) is 25.2 Å². The Labute approximate surface area is 208 Å². The summed E-state index contributed by atoms with van der Waals surface area (Å²) in [5.74, 6) is -0.810. The van der Waals surface area contributed by atoms with Gasteiger partial charge in [-0.1, -0.05) is 60.7 Å². The number of carbonyl (C=O) groups excluding carboxylic acids is 1. The quantitative estimate of drug-likeness (QED) is 0.559. The average molecular weight is 497 g/mol. The molecule has 0 aromatic heterocycles. The highest BCUT2D eigenvalue weighted by molar-refractivity contribution is 5.86. The lowest BCUT2D eigenvalue weighted by molar-refractivity contribution is -0.149. The molecule has 4 rings (SSSR count). The topological polar surface area (TPSA) is 87.7 Å². The van der Waals surface area contributed by atoms with E-state index in [-0.39, 0.29) is 30.8 Å². The maximum atomic E-state index is 12.0. The van der Waals surface area contributed by atoms with Gasteiger partial charge in [-0.05, 0) is 63.0 Å². The van der Waals surface area contributed by atoms with Crippen molar-refractivity contribution >= 4 is 36.8 Å². The van der Waals surface area contributed by atoms with Gasteiger partial charge in [-0.25, -0.2) is 0 Å². The summed E-state index contributed by atoms with van der Waals surface area (Å²) in [6, 6.07) is 19.5. The van der Waals surface area contributed by atoms with E-state index in [1.54, 1.807) is 0 Å². The van der Waals surface area contributed by atoms with E-state index in [1.807, 2.05) is 60.7 Å². The van der Waals surface area contributed by atoms with Crippen LogP contribution in [-0.4, -0.2) is 50.3 Å². The number of piperidine rings is 2. The van der Waals surface area contributed by atoms with Crippen LogP contribution in [0.15, 0.2) is 60.7 Å². The average Bonchev–Trinajstić information content (AvgIpc) is 2.85. The molecule has 8 heteroatoms. The number of carboxylic acids is 1. The zero-order valence-electron chi connectivity index (χ0n) is 18.9. The van der Waals surface area contributed by atoms with E-state index in [0.717, 1.165) is 50.1 Å². The Bertz CT molecular complexity index is 853. The predicted octanol–water partition coefficient (Wildman–Crippen LogP) is 3.72. The maximum absolute atomic E-state index is 12.0. The third kappa shape index (κ3) is 6.48. The van der Waals surface area contributed by atoms with Crippen LogP contribution in [0.4, 0.5) is 0 Å². The molecule has 2 aliphatic heterocycles. The van der Waals surface area contributed by atoms with Crippen molar-refractivity contribution in [3.05, 3.63) is 71.8 Å². The van der Waals surface area contributed by atoms with Crippen molar-refractivity contribution < 1.29 is 19.4 Å². The van der Waals surface area contributed by atoms with Crippen molar-refractivity contribution in [1.29, 1.82) is 0 Å². The Morgan fingerprint density at radius 1 is 0.727 bits per heavy atom. The van der Waals surface area contributed by atoms with Crippen molar-refractivity contribution in [1.82, 2.24) is 10.6 Å². The number of rotatable bonds is 4. The van der Waals surface area contributed by atoms with Gasteiger partial charge >= 0.3 is 11.9 Å². The van der Waals surface area contributed by atoms with E-state index in [4.69, 9.17) is 4.74 Å². The molecule has 2 heterocycles. The van der Waals surface area contributed by atoms with Crippen LogP contribution in [0.5, 0.6) is 0 Å². The number of ether oxygens (including phenoxy) is 1. The summed E-state index contributed by atoms with van der Waals surface area (Å²) >= 11 is 0. The van der Waals surface area contributed by atoms with Crippen LogP contribution in [0, 0.1) is 0 Å².